The van der Waals surface area contributed by atoms with Crippen molar-refractivity contribution >= 4 is 23.0 Å². The predicted molar refractivity (Wildman–Crippen MR) is 88.2 cm³/mol. The summed E-state index contributed by atoms with van der Waals surface area (Å²) in [6.45, 7) is 0. The molecule has 1 heterocycles. The number of hydrogen-bond acceptors (Lipinski definition) is 3. The number of halogens is 4. The van der Waals surface area contributed by atoms with Gasteiger partial charge in [-0.2, -0.15) is 0 Å². The largest absolute Gasteiger partial charge is 0.352 e. The molecule has 0 saturated carbocycles. The number of anilines is 3. The smallest absolute Gasteiger partial charge is 0.274 e. The molecule has 0 saturated heterocycles. The average molecular weight is 361 g/mol. The van der Waals surface area contributed by atoms with Gasteiger partial charge in [0.2, 0.25) is 0 Å². The second-order valence-corrected chi connectivity index (χ2v) is 5.26. The third-order valence-electron chi connectivity index (χ3n) is 3.39. The van der Waals surface area contributed by atoms with Gasteiger partial charge in [-0.25, -0.2) is 22.5 Å². The van der Waals surface area contributed by atoms with Crippen molar-refractivity contribution in [1.29, 1.82) is 0 Å². The number of amides is 1. The summed E-state index contributed by atoms with van der Waals surface area (Å²) in [6.07, 6.45) is 1.26. The van der Waals surface area contributed by atoms with Crippen LogP contribution in [-0.4, -0.2) is 10.9 Å². The van der Waals surface area contributed by atoms with Gasteiger partial charge < -0.3 is 10.6 Å². The third kappa shape index (κ3) is 3.97. The summed E-state index contributed by atoms with van der Waals surface area (Å²) in [4.78, 5) is 16.0. The van der Waals surface area contributed by atoms with Gasteiger partial charge in [-0.15, -0.1) is 0 Å². The van der Waals surface area contributed by atoms with Crippen molar-refractivity contribution in [2.75, 3.05) is 10.6 Å². The Bertz CT molecular complexity index is 961. The van der Waals surface area contributed by atoms with Crippen molar-refractivity contribution in [3.05, 3.63) is 83.7 Å². The van der Waals surface area contributed by atoms with Gasteiger partial charge in [0, 0.05) is 12.1 Å². The molecule has 0 aliphatic rings. The van der Waals surface area contributed by atoms with E-state index in [1.807, 2.05) is 0 Å². The van der Waals surface area contributed by atoms with Crippen LogP contribution < -0.4 is 10.6 Å². The fraction of sp³-hybridized carbons (Fsp3) is 0. The number of aromatic nitrogens is 1. The Morgan fingerprint density at radius 3 is 1.96 bits per heavy atom. The Morgan fingerprint density at radius 1 is 0.808 bits per heavy atom. The van der Waals surface area contributed by atoms with Gasteiger partial charge in [0.15, 0.2) is 0 Å². The monoisotopic (exact) mass is 361 g/mol. The van der Waals surface area contributed by atoms with E-state index in [1.54, 1.807) is 0 Å². The zero-order chi connectivity index (χ0) is 18.7. The highest BCUT2D eigenvalue weighted by atomic mass is 19.1. The van der Waals surface area contributed by atoms with Crippen LogP contribution in [0.5, 0.6) is 0 Å². The topological polar surface area (TPSA) is 54.0 Å². The Balaban J connectivity index is 1.71. The van der Waals surface area contributed by atoms with Gasteiger partial charge >= 0.3 is 0 Å². The van der Waals surface area contributed by atoms with Crippen molar-refractivity contribution in [2.45, 2.75) is 0 Å². The van der Waals surface area contributed by atoms with E-state index in [0.717, 1.165) is 24.3 Å². The zero-order valence-electron chi connectivity index (χ0n) is 13.1. The molecule has 0 bridgehead atoms. The number of carbonyl (C=O) groups excluding carboxylic acids is 1. The molecule has 2 aromatic carbocycles. The van der Waals surface area contributed by atoms with Crippen LogP contribution in [0.4, 0.5) is 34.6 Å². The molecule has 0 aliphatic carbocycles. The number of nitrogens with one attached hydrogen (secondary N) is 2. The molecule has 0 atom stereocenters. The number of pyridine rings is 1. The highest BCUT2D eigenvalue weighted by Crippen LogP contribution is 2.21. The lowest BCUT2D eigenvalue weighted by Crippen LogP contribution is -2.14. The van der Waals surface area contributed by atoms with Crippen molar-refractivity contribution in [3.8, 4) is 0 Å². The van der Waals surface area contributed by atoms with Crippen LogP contribution in [-0.2, 0) is 0 Å². The van der Waals surface area contributed by atoms with E-state index in [2.05, 4.69) is 15.6 Å². The molecule has 0 aliphatic heterocycles. The highest BCUT2D eigenvalue weighted by molar-refractivity contribution is 6.03. The number of nitrogens with zero attached hydrogens (tertiary/aromatic N) is 1. The van der Waals surface area contributed by atoms with Crippen LogP contribution in [0, 0.1) is 23.3 Å². The fourth-order valence-corrected chi connectivity index (χ4v) is 2.13. The molecule has 1 aromatic heterocycles. The maximum atomic E-state index is 13.6. The van der Waals surface area contributed by atoms with E-state index in [1.165, 1.54) is 24.4 Å². The molecule has 0 spiro atoms. The van der Waals surface area contributed by atoms with Gasteiger partial charge in [-0.1, -0.05) is 0 Å². The van der Waals surface area contributed by atoms with Crippen LogP contribution in [0.2, 0.25) is 0 Å². The molecular formula is C18H11F4N3O. The SMILES string of the molecule is O=C(Nc1ccc(F)cc1F)c1ccc(Nc2ccc(F)cc2F)cn1. The molecule has 3 aromatic rings. The maximum Gasteiger partial charge on any atom is 0.274 e. The summed E-state index contributed by atoms with van der Waals surface area (Å²) in [5.74, 6) is -3.86. The second-order valence-electron chi connectivity index (χ2n) is 5.26. The lowest BCUT2D eigenvalue weighted by atomic mass is 10.2. The number of carbonyl (C=O) groups is 1. The minimum Gasteiger partial charge on any atom is -0.352 e. The van der Waals surface area contributed by atoms with Crippen LogP contribution in [0.25, 0.3) is 0 Å². The lowest BCUT2D eigenvalue weighted by Gasteiger charge is -2.09. The first-order valence-electron chi connectivity index (χ1n) is 7.37. The normalized spacial score (nSPS) is 10.5. The number of benzene rings is 2. The molecule has 132 valence electrons. The summed E-state index contributed by atoms with van der Waals surface area (Å²) in [5.41, 5.74) is 0.187. The van der Waals surface area contributed by atoms with Crippen LogP contribution in [0.1, 0.15) is 10.5 Å². The van der Waals surface area contributed by atoms with Gasteiger partial charge in [-0.3, -0.25) is 4.79 Å². The van der Waals surface area contributed by atoms with E-state index in [9.17, 15) is 22.4 Å². The Kier molecular flexibility index (Phi) is 4.83. The summed E-state index contributed by atoms with van der Waals surface area (Å²) in [5, 5.41) is 4.97. The van der Waals surface area contributed by atoms with E-state index < -0.39 is 29.2 Å². The van der Waals surface area contributed by atoms with Crippen molar-refractivity contribution in [2.24, 2.45) is 0 Å². The van der Waals surface area contributed by atoms with E-state index in [-0.39, 0.29) is 17.1 Å². The molecule has 0 unspecified atom stereocenters. The maximum absolute atomic E-state index is 13.6. The lowest BCUT2D eigenvalue weighted by molar-refractivity contribution is 0.102. The number of hydrogen-bond donors (Lipinski definition) is 2. The summed E-state index contributed by atoms with van der Waals surface area (Å²) in [6, 6.07) is 8.58. The summed E-state index contributed by atoms with van der Waals surface area (Å²) < 4.78 is 52.9. The Labute approximate surface area is 145 Å². The molecular weight excluding hydrogens is 350 g/mol. The molecule has 2 N–H and O–H groups in total. The standard InChI is InChI=1S/C18H11F4N3O/c19-10-1-4-15(13(21)7-10)24-12-3-6-17(23-9-12)18(26)25-16-5-2-11(20)8-14(16)22/h1-9,24H,(H,25,26). The van der Waals surface area contributed by atoms with Crippen LogP contribution >= 0.6 is 0 Å². The fourth-order valence-electron chi connectivity index (χ4n) is 2.13. The minimum atomic E-state index is -0.913. The molecule has 3 rings (SSSR count). The number of rotatable bonds is 4. The molecule has 0 fully saturated rings. The first kappa shape index (κ1) is 17.4. The average Bonchev–Trinajstić information content (AvgIpc) is 2.60. The summed E-state index contributed by atoms with van der Waals surface area (Å²) >= 11 is 0. The van der Waals surface area contributed by atoms with Crippen LogP contribution in [0.15, 0.2) is 54.7 Å². The van der Waals surface area contributed by atoms with Gasteiger partial charge in [-0.05, 0) is 36.4 Å². The van der Waals surface area contributed by atoms with Gasteiger partial charge in [0.25, 0.3) is 5.91 Å². The van der Waals surface area contributed by atoms with Crippen molar-refractivity contribution in [1.82, 2.24) is 4.98 Å². The molecule has 26 heavy (non-hydrogen) atoms. The van der Waals surface area contributed by atoms with E-state index in [0.29, 0.717) is 11.8 Å². The van der Waals surface area contributed by atoms with Crippen molar-refractivity contribution < 1.29 is 22.4 Å². The molecule has 8 heteroatoms. The first-order chi connectivity index (χ1) is 12.4. The van der Waals surface area contributed by atoms with E-state index in [4.69, 9.17) is 0 Å². The van der Waals surface area contributed by atoms with Gasteiger partial charge in [0.05, 0.1) is 23.3 Å². The summed E-state index contributed by atoms with van der Waals surface area (Å²) in [7, 11) is 0. The first-order valence-corrected chi connectivity index (χ1v) is 7.37. The minimum absolute atomic E-state index is 0.0288. The molecule has 4 nitrogen and oxygen atoms in total. The Morgan fingerprint density at radius 2 is 1.42 bits per heavy atom. The second kappa shape index (κ2) is 7.22. The predicted octanol–water partition coefficient (Wildman–Crippen LogP) is 4.63. The molecule has 1 amide bonds. The highest BCUT2D eigenvalue weighted by Gasteiger charge is 2.12. The molecule has 0 radical (unpaired) electrons. The van der Waals surface area contributed by atoms with Crippen LogP contribution in [0.3, 0.4) is 0 Å². The Hall–Kier alpha value is -3.42. The van der Waals surface area contributed by atoms with Crippen molar-refractivity contribution in [3.63, 3.8) is 0 Å². The third-order valence-corrected chi connectivity index (χ3v) is 3.39. The quantitative estimate of drug-likeness (QED) is 0.666. The van der Waals surface area contributed by atoms with E-state index >= 15 is 0 Å². The zero-order valence-corrected chi connectivity index (χ0v) is 13.1. The van der Waals surface area contributed by atoms with Gasteiger partial charge in [0.1, 0.15) is 29.0 Å².